The lowest BCUT2D eigenvalue weighted by Gasteiger charge is -2.26. The molecule has 1 unspecified atom stereocenters. The van der Waals surface area contributed by atoms with E-state index in [-0.39, 0.29) is 12.4 Å². The van der Waals surface area contributed by atoms with Crippen molar-refractivity contribution in [3.63, 3.8) is 0 Å². The van der Waals surface area contributed by atoms with E-state index in [1.807, 2.05) is 0 Å². The zero-order valence-electron chi connectivity index (χ0n) is 14.5. The normalized spacial score (nSPS) is 16.5. The van der Waals surface area contributed by atoms with E-state index < -0.39 is 0 Å². The van der Waals surface area contributed by atoms with E-state index in [4.69, 9.17) is 0 Å². The Bertz CT molecular complexity index is 857. The van der Waals surface area contributed by atoms with Crippen molar-refractivity contribution in [1.82, 2.24) is 9.88 Å². The molecule has 4 heteroatoms. The van der Waals surface area contributed by atoms with Gasteiger partial charge in [0.15, 0.2) is 0 Å². The van der Waals surface area contributed by atoms with Crippen LogP contribution in [0.1, 0.15) is 35.7 Å². The minimum absolute atomic E-state index is 0. The van der Waals surface area contributed by atoms with Gasteiger partial charge in [-0.25, -0.2) is 0 Å². The highest BCUT2D eigenvalue weighted by molar-refractivity contribution is 9.10. The molecule has 0 amide bonds. The SMILES string of the molecule is Cl.Cn1c2c(c3cc(Br)ccc31)CCCC2NCCc1ccccc1. The van der Waals surface area contributed by atoms with Crippen molar-refractivity contribution in [2.45, 2.75) is 31.7 Å². The van der Waals surface area contributed by atoms with E-state index in [2.05, 4.69) is 81.4 Å². The summed E-state index contributed by atoms with van der Waals surface area (Å²) in [7, 11) is 2.21. The number of hydrogen-bond donors (Lipinski definition) is 1. The first-order valence-electron chi connectivity index (χ1n) is 8.78. The standard InChI is InChI=1S/C21H23BrN2.ClH/c1-24-20-11-10-16(22)14-18(20)17-8-5-9-19(21(17)24)23-13-12-15-6-3-2-4-7-15;/h2-4,6-7,10-11,14,19,23H,5,8-9,12-13H2,1H3;1H. The summed E-state index contributed by atoms with van der Waals surface area (Å²) in [4.78, 5) is 0. The van der Waals surface area contributed by atoms with E-state index in [1.54, 1.807) is 0 Å². The summed E-state index contributed by atoms with van der Waals surface area (Å²) in [5.74, 6) is 0. The molecule has 0 aliphatic heterocycles. The highest BCUT2D eigenvalue weighted by atomic mass is 79.9. The zero-order valence-corrected chi connectivity index (χ0v) is 16.9. The average Bonchev–Trinajstić information content (AvgIpc) is 2.89. The fourth-order valence-electron chi connectivity index (χ4n) is 4.07. The number of benzene rings is 2. The van der Waals surface area contributed by atoms with Gasteiger partial charge in [0.05, 0.1) is 0 Å². The molecule has 2 nitrogen and oxygen atoms in total. The van der Waals surface area contributed by atoms with Gasteiger partial charge < -0.3 is 9.88 Å². The van der Waals surface area contributed by atoms with Gasteiger partial charge in [0.1, 0.15) is 0 Å². The van der Waals surface area contributed by atoms with Crippen molar-refractivity contribution in [3.05, 3.63) is 69.8 Å². The summed E-state index contributed by atoms with van der Waals surface area (Å²) in [5, 5.41) is 5.22. The van der Waals surface area contributed by atoms with Crippen LogP contribution in [0, 0.1) is 0 Å². The summed E-state index contributed by atoms with van der Waals surface area (Å²) in [6.45, 7) is 1.03. The summed E-state index contributed by atoms with van der Waals surface area (Å²) in [6.07, 6.45) is 4.77. The van der Waals surface area contributed by atoms with Crippen LogP contribution in [0.3, 0.4) is 0 Å². The summed E-state index contributed by atoms with van der Waals surface area (Å²) in [6, 6.07) is 17.9. The summed E-state index contributed by atoms with van der Waals surface area (Å²) >= 11 is 3.63. The third-order valence-electron chi connectivity index (χ3n) is 5.21. The lowest BCUT2D eigenvalue weighted by Crippen LogP contribution is -2.28. The van der Waals surface area contributed by atoms with Crippen LogP contribution in [-0.2, 0) is 19.9 Å². The van der Waals surface area contributed by atoms with Crippen molar-refractivity contribution >= 4 is 39.2 Å². The highest BCUT2D eigenvalue weighted by Crippen LogP contribution is 2.37. The Morgan fingerprint density at radius 1 is 1.16 bits per heavy atom. The van der Waals surface area contributed by atoms with E-state index in [0.717, 1.165) is 13.0 Å². The molecule has 0 spiro atoms. The van der Waals surface area contributed by atoms with Crippen molar-refractivity contribution < 1.29 is 0 Å². The van der Waals surface area contributed by atoms with Crippen LogP contribution in [0.2, 0.25) is 0 Å². The number of hydrogen-bond acceptors (Lipinski definition) is 1. The van der Waals surface area contributed by atoms with Gasteiger partial charge in [0, 0.05) is 34.2 Å². The van der Waals surface area contributed by atoms with Crippen LogP contribution in [0.5, 0.6) is 0 Å². The predicted octanol–water partition coefficient (Wildman–Crippen LogP) is 5.57. The minimum atomic E-state index is 0. The number of aromatic nitrogens is 1. The molecule has 1 atom stereocenters. The lowest BCUT2D eigenvalue weighted by molar-refractivity contribution is 0.444. The summed E-state index contributed by atoms with van der Waals surface area (Å²) < 4.78 is 3.57. The van der Waals surface area contributed by atoms with Gasteiger partial charge >= 0.3 is 0 Å². The Kier molecular flexibility index (Phi) is 5.88. The largest absolute Gasteiger partial charge is 0.346 e. The second-order valence-corrected chi connectivity index (χ2v) is 7.63. The maximum atomic E-state index is 3.81. The summed E-state index contributed by atoms with van der Waals surface area (Å²) in [5.41, 5.74) is 5.78. The van der Waals surface area contributed by atoms with Crippen LogP contribution >= 0.6 is 28.3 Å². The molecule has 2 aromatic carbocycles. The molecule has 0 radical (unpaired) electrons. The molecule has 1 aliphatic carbocycles. The Labute approximate surface area is 164 Å². The minimum Gasteiger partial charge on any atom is -0.346 e. The van der Waals surface area contributed by atoms with E-state index in [1.165, 1.54) is 51.5 Å². The van der Waals surface area contributed by atoms with Gasteiger partial charge in [-0.15, -0.1) is 12.4 Å². The number of nitrogens with zero attached hydrogens (tertiary/aromatic N) is 1. The van der Waals surface area contributed by atoms with E-state index in [0.29, 0.717) is 6.04 Å². The van der Waals surface area contributed by atoms with E-state index in [9.17, 15) is 0 Å². The van der Waals surface area contributed by atoms with Crippen LogP contribution in [0.4, 0.5) is 0 Å². The molecule has 0 fully saturated rings. The quantitative estimate of drug-likeness (QED) is 0.585. The second-order valence-electron chi connectivity index (χ2n) is 6.72. The van der Waals surface area contributed by atoms with Gasteiger partial charge in [-0.2, -0.15) is 0 Å². The molecule has 1 aromatic heterocycles. The molecule has 0 saturated heterocycles. The first-order chi connectivity index (χ1) is 11.7. The topological polar surface area (TPSA) is 17.0 Å². The molecule has 0 saturated carbocycles. The van der Waals surface area contributed by atoms with Gasteiger partial charge in [-0.1, -0.05) is 46.3 Å². The van der Waals surface area contributed by atoms with Gasteiger partial charge in [0.2, 0.25) is 0 Å². The van der Waals surface area contributed by atoms with Crippen LogP contribution in [0.15, 0.2) is 53.0 Å². The number of fused-ring (bicyclic) bond motifs is 3. The van der Waals surface area contributed by atoms with Crippen molar-refractivity contribution in [2.24, 2.45) is 7.05 Å². The van der Waals surface area contributed by atoms with Crippen LogP contribution in [0.25, 0.3) is 10.9 Å². The number of aryl methyl sites for hydroxylation is 2. The zero-order chi connectivity index (χ0) is 16.5. The molecular formula is C21H24BrClN2. The first-order valence-corrected chi connectivity index (χ1v) is 9.57. The fraction of sp³-hybridized carbons (Fsp3) is 0.333. The Morgan fingerprint density at radius 2 is 1.96 bits per heavy atom. The third kappa shape index (κ3) is 3.64. The third-order valence-corrected chi connectivity index (χ3v) is 5.71. The molecule has 3 aromatic rings. The van der Waals surface area contributed by atoms with Gasteiger partial charge in [0.25, 0.3) is 0 Å². The Hall–Kier alpha value is -1.29. The monoisotopic (exact) mass is 418 g/mol. The fourth-order valence-corrected chi connectivity index (χ4v) is 4.43. The molecule has 25 heavy (non-hydrogen) atoms. The van der Waals surface area contributed by atoms with Gasteiger partial charge in [-0.05, 0) is 61.6 Å². The van der Waals surface area contributed by atoms with Gasteiger partial charge in [-0.3, -0.25) is 0 Å². The maximum absolute atomic E-state index is 3.81. The van der Waals surface area contributed by atoms with Crippen LogP contribution < -0.4 is 5.32 Å². The van der Waals surface area contributed by atoms with Crippen molar-refractivity contribution in [1.29, 1.82) is 0 Å². The molecule has 1 N–H and O–H groups in total. The maximum Gasteiger partial charge on any atom is 0.0484 e. The number of halogens is 2. The highest BCUT2D eigenvalue weighted by Gasteiger charge is 2.26. The van der Waals surface area contributed by atoms with Crippen LogP contribution in [-0.4, -0.2) is 11.1 Å². The van der Waals surface area contributed by atoms with Crippen molar-refractivity contribution in [2.75, 3.05) is 6.54 Å². The Balaban J connectivity index is 0.00000182. The Morgan fingerprint density at radius 3 is 2.76 bits per heavy atom. The van der Waals surface area contributed by atoms with E-state index >= 15 is 0 Å². The molecule has 132 valence electrons. The molecule has 1 aliphatic rings. The molecule has 0 bridgehead atoms. The molecule has 4 rings (SSSR count). The van der Waals surface area contributed by atoms with Crippen molar-refractivity contribution in [3.8, 4) is 0 Å². The predicted molar refractivity (Wildman–Crippen MR) is 112 cm³/mol. The number of nitrogens with one attached hydrogen (secondary N) is 1. The second kappa shape index (κ2) is 7.94. The molecule has 1 heterocycles. The first kappa shape index (κ1) is 18.5. The smallest absolute Gasteiger partial charge is 0.0484 e. The number of rotatable bonds is 4. The average molecular weight is 420 g/mol. The lowest BCUT2D eigenvalue weighted by atomic mass is 9.91. The molecular weight excluding hydrogens is 396 g/mol.